The van der Waals surface area contributed by atoms with E-state index in [1.807, 2.05) is 0 Å². The third kappa shape index (κ3) is 1.23. The van der Waals surface area contributed by atoms with Crippen LogP contribution in [0.15, 0.2) is 0 Å². The van der Waals surface area contributed by atoms with Crippen molar-refractivity contribution < 1.29 is 15.0 Å². The Morgan fingerprint density at radius 1 is 1.73 bits per heavy atom. The van der Waals surface area contributed by atoms with Gasteiger partial charge in [-0.25, -0.2) is 0 Å². The van der Waals surface area contributed by atoms with Gasteiger partial charge in [0, 0.05) is 13.0 Å². The van der Waals surface area contributed by atoms with Crippen molar-refractivity contribution in [3.8, 4) is 0 Å². The summed E-state index contributed by atoms with van der Waals surface area (Å²) >= 11 is 0. The third-order valence-corrected chi connectivity index (χ3v) is 2.42. The number of hydrogen-bond acceptors (Lipinski definition) is 3. The van der Waals surface area contributed by atoms with Gasteiger partial charge in [0.2, 0.25) is 0 Å². The van der Waals surface area contributed by atoms with Crippen molar-refractivity contribution >= 4 is 5.97 Å². The number of carboxylic acid groups (broad SMARTS) is 1. The summed E-state index contributed by atoms with van der Waals surface area (Å²) < 4.78 is 0. The van der Waals surface area contributed by atoms with E-state index < -0.39 is 17.6 Å². The van der Waals surface area contributed by atoms with Crippen LogP contribution in [0.1, 0.15) is 13.3 Å². The van der Waals surface area contributed by atoms with E-state index in [2.05, 4.69) is 0 Å². The number of hydrogen-bond donors (Lipinski definition) is 2. The summed E-state index contributed by atoms with van der Waals surface area (Å²) in [7, 11) is 1.71. The van der Waals surface area contributed by atoms with E-state index in [1.54, 1.807) is 18.9 Å². The smallest absolute Gasteiger partial charge is 0.323 e. The highest BCUT2D eigenvalue weighted by molar-refractivity contribution is 5.78. The molecule has 2 N–H and O–H groups in total. The van der Waals surface area contributed by atoms with Crippen molar-refractivity contribution in [3.63, 3.8) is 0 Å². The molecule has 0 aromatic rings. The topological polar surface area (TPSA) is 60.8 Å². The molecule has 1 heterocycles. The Hall–Kier alpha value is -0.610. The molecule has 1 aliphatic heterocycles. The summed E-state index contributed by atoms with van der Waals surface area (Å²) in [6.45, 7) is 2.08. The number of carboxylic acids is 1. The lowest BCUT2D eigenvalue weighted by molar-refractivity contribution is -0.147. The monoisotopic (exact) mass is 159 g/mol. The first-order valence-electron chi connectivity index (χ1n) is 3.59. The van der Waals surface area contributed by atoms with Crippen LogP contribution in [0.5, 0.6) is 0 Å². The molecule has 0 aromatic carbocycles. The number of aliphatic carboxylic acids is 1. The first-order chi connectivity index (χ1) is 4.97. The largest absolute Gasteiger partial charge is 0.480 e. The van der Waals surface area contributed by atoms with Gasteiger partial charge in [-0.15, -0.1) is 0 Å². The number of rotatable bonds is 1. The molecular formula is C7H13NO3. The summed E-state index contributed by atoms with van der Waals surface area (Å²) in [5, 5.41) is 18.0. The predicted molar refractivity (Wildman–Crippen MR) is 39.3 cm³/mol. The van der Waals surface area contributed by atoms with E-state index in [0.29, 0.717) is 13.0 Å². The molecule has 2 unspecified atom stereocenters. The fraction of sp³-hybridized carbons (Fsp3) is 0.857. The highest BCUT2D eigenvalue weighted by atomic mass is 16.4. The molecule has 64 valence electrons. The van der Waals surface area contributed by atoms with E-state index in [-0.39, 0.29) is 0 Å². The summed E-state index contributed by atoms with van der Waals surface area (Å²) in [6.07, 6.45) is -0.181. The molecule has 1 aliphatic rings. The number of likely N-dealkylation sites (tertiary alicyclic amines) is 1. The fourth-order valence-electron chi connectivity index (χ4n) is 1.45. The lowest BCUT2D eigenvalue weighted by atomic mass is 9.99. The van der Waals surface area contributed by atoms with Crippen LogP contribution in [0.4, 0.5) is 0 Å². The molecule has 0 spiro atoms. The highest BCUT2D eigenvalue weighted by Crippen LogP contribution is 2.27. The molecular weight excluding hydrogens is 146 g/mol. The second kappa shape index (κ2) is 2.46. The van der Waals surface area contributed by atoms with Crippen LogP contribution in [-0.4, -0.2) is 46.3 Å². The second-order valence-corrected chi connectivity index (χ2v) is 3.32. The van der Waals surface area contributed by atoms with Gasteiger partial charge in [-0.1, -0.05) is 0 Å². The Kier molecular flexibility index (Phi) is 1.90. The molecule has 0 saturated carbocycles. The van der Waals surface area contributed by atoms with Gasteiger partial charge in [0.15, 0.2) is 0 Å². The zero-order valence-corrected chi connectivity index (χ0v) is 6.74. The maximum atomic E-state index is 10.7. The van der Waals surface area contributed by atoms with E-state index >= 15 is 0 Å². The SMILES string of the molecule is CN1CC(O)CC1(C)C(=O)O. The number of carbonyl (C=O) groups is 1. The lowest BCUT2D eigenvalue weighted by Crippen LogP contribution is -2.45. The third-order valence-electron chi connectivity index (χ3n) is 2.42. The summed E-state index contributed by atoms with van der Waals surface area (Å²) in [5.41, 5.74) is -0.876. The Morgan fingerprint density at radius 3 is 2.45 bits per heavy atom. The van der Waals surface area contributed by atoms with E-state index in [9.17, 15) is 9.90 Å². The minimum atomic E-state index is -0.876. The minimum Gasteiger partial charge on any atom is -0.480 e. The number of nitrogens with zero attached hydrogens (tertiary/aromatic N) is 1. The number of aliphatic hydroxyl groups excluding tert-OH is 1. The molecule has 4 nitrogen and oxygen atoms in total. The Labute approximate surface area is 65.4 Å². The quantitative estimate of drug-likeness (QED) is 0.543. The van der Waals surface area contributed by atoms with Gasteiger partial charge in [0.1, 0.15) is 5.54 Å². The van der Waals surface area contributed by atoms with Crippen LogP contribution >= 0.6 is 0 Å². The van der Waals surface area contributed by atoms with E-state index in [1.165, 1.54) is 0 Å². The molecule has 1 rings (SSSR count). The Bertz CT molecular complexity index is 183. The zero-order valence-electron chi connectivity index (χ0n) is 6.74. The van der Waals surface area contributed by atoms with Crippen molar-refractivity contribution in [1.82, 2.24) is 4.90 Å². The van der Waals surface area contributed by atoms with Gasteiger partial charge in [-0.2, -0.15) is 0 Å². The molecule has 0 radical (unpaired) electrons. The first-order valence-corrected chi connectivity index (χ1v) is 3.59. The number of β-amino-alcohol motifs (C(OH)–C–C–N with tert-alkyl or cyclic N) is 1. The van der Waals surface area contributed by atoms with Gasteiger partial charge >= 0.3 is 5.97 Å². The van der Waals surface area contributed by atoms with Crippen molar-refractivity contribution in [3.05, 3.63) is 0 Å². The van der Waals surface area contributed by atoms with Crippen LogP contribution in [0, 0.1) is 0 Å². The Morgan fingerprint density at radius 2 is 2.27 bits per heavy atom. The normalized spacial score (nSPS) is 39.4. The van der Waals surface area contributed by atoms with E-state index in [4.69, 9.17) is 5.11 Å². The second-order valence-electron chi connectivity index (χ2n) is 3.32. The van der Waals surface area contributed by atoms with Gasteiger partial charge in [-0.05, 0) is 14.0 Å². The maximum absolute atomic E-state index is 10.7. The van der Waals surface area contributed by atoms with Gasteiger partial charge in [-0.3, -0.25) is 9.69 Å². The van der Waals surface area contributed by atoms with Gasteiger partial charge < -0.3 is 10.2 Å². The van der Waals surface area contributed by atoms with Crippen LogP contribution in [0.3, 0.4) is 0 Å². The molecule has 0 amide bonds. The van der Waals surface area contributed by atoms with Crippen LogP contribution in [0.25, 0.3) is 0 Å². The highest BCUT2D eigenvalue weighted by Gasteiger charge is 2.45. The fourth-order valence-corrected chi connectivity index (χ4v) is 1.45. The number of aliphatic hydroxyl groups is 1. The molecule has 0 bridgehead atoms. The van der Waals surface area contributed by atoms with E-state index in [0.717, 1.165) is 0 Å². The molecule has 11 heavy (non-hydrogen) atoms. The Balaban J connectivity index is 2.79. The summed E-state index contributed by atoms with van der Waals surface area (Å²) in [4.78, 5) is 12.4. The minimum absolute atomic E-state index is 0.318. The maximum Gasteiger partial charge on any atom is 0.323 e. The standard InChI is InChI=1S/C7H13NO3/c1-7(6(10)11)3-5(9)4-8(7)2/h5,9H,3-4H2,1-2H3,(H,10,11). The van der Waals surface area contributed by atoms with Crippen LogP contribution in [-0.2, 0) is 4.79 Å². The van der Waals surface area contributed by atoms with Crippen molar-refractivity contribution in [2.75, 3.05) is 13.6 Å². The molecule has 1 fully saturated rings. The van der Waals surface area contributed by atoms with Crippen molar-refractivity contribution in [2.45, 2.75) is 25.0 Å². The summed E-state index contributed by atoms with van der Waals surface area (Å²) in [6, 6.07) is 0. The zero-order chi connectivity index (χ0) is 8.65. The molecule has 0 aliphatic carbocycles. The number of likely N-dealkylation sites (N-methyl/N-ethyl adjacent to an activating group) is 1. The average Bonchev–Trinajstić information content (AvgIpc) is 2.08. The molecule has 2 atom stereocenters. The molecule has 1 saturated heterocycles. The molecule has 0 aromatic heterocycles. The van der Waals surface area contributed by atoms with Gasteiger partial charge in [0.25, 0.3) is 0 Å². The predicted octanol–water partition coefficient (Wildman–Crippen LogP) is -0.474. The average molecular weight is 159 g/mol. The van der Waals surface area contributed by atoms with Crippen molar-refractivity contribution in [1.29, 1.82) is 0 Å². The first kappa shape index (κ1) is 8.49. The lowest BCUT2D eigenvalue weighted by Gasteiger charge is -2.26. The van der Waals surface area contributed by atoms with Crippen LogP contribution < -0.4 is 0 Å². The van der Waals surface area contributed by atoms with Crippen molar-refractivity contribution in [2.24, 2.45) is 0 Å². The van der Waals surface area contributed by atoms with Crippen LogP contribution in [0.2, 0.25) is 0 Å². The summed E-state index contributed by atoms with van der Waals surface area (Å²) in [5.74, 6) is -0.864. The van der Waals surface area contributed by atoms with Gasteiger partial charge in [0.05, 0.1) is 6.10 Å². The molecule has 4 heteroatoms.